The Kier molecular flexibility index (Phi) is 5.37. The van der Waals surface area contributed by atoms with Crippen molar-refractivity contribution in [3.05, 3.63) is 61.5 Å². The molecule has 2 aromatic rings. The van der Waals surface area contributed by atoms with Crippen LogP contribution >= 0.6 is 55.7 Å². The Labute approximate surface area is 149 Å². The Morgan fingerprint density at radius 3 is 2.33 bits per heavy atom. The molecule has 0 heterocycles. The molecule has 108 valence electrons. The van der Waals surface area contributed by atoms with Crippen molar-refractivity contribution in [2.75, 3.05) is 5.32 Å². The first-order chi connectivity index (χ1) is 9.86. The summed E-state index contributed by atoms with van der Waals surface area (Å²) in [6, 6.07) is 10.2. The van der Waals surface area contributed by atoms with E-state index in [1.807, 2.05) is 6.07 Å². The fourth-order valence-corrected chi connectivity index (χ4v) is 3.36. The number of benzene rings is 2. The largest absolute Gasteiger partial charge is 0.389 e. The summed E-state index contributed by atoms with van der Waals surface area (Å²) in [4.78, 5) is 12.5. The van der Waals surface area contributed by atoms with Crippen LogP contribution in [0.25, 0.3) is 0 Å². The van der Waals surface area contributed by atoms with Crippen LogP contribution < -0.4 is 11.1 Å². The van der Waals surface area contributed by atoms with Gasteiger partial charge in [-0.2, -0.15) is 0 Å². The van der Waals surface area contributed by atoms with Gasteiger partial charge in [0, 0.05) is 25.1 Å². The van der Waals surface area contributed by atoms with Crippen molar-refractivity contribution in [1.82, 2.24) is 0 Å². The van der Waals surface area contributed by atoms with Gasteiger partial charge in [0.05, 0.1) is 5.69 Å². The first kappa shape index (κ1) is 16.4. The van der Waals surface area contributed by atoms with E-state index in [0.717, 1.165) is 8.95 Å². The number of amides is 1. The molecule has 0 aromatic heterocycles. The molecule has 0 bridgehead atoms. The van der Waals surface area contributed by atoms with E-state index < -0.39 is 0 Å². The van der Waals surface area contributed by atoms with Gasteiger partial charge in [0.2, 0.25) is 0 Å². The van der Waals surface area contributed by atoms with E-state index in [-0.39, 0.29) is 10.9 Å². The molecule has 0 atom stereocenters. The summed E-state index contributed by atoms with van der Waals surface area (Å²) in [5, 5.41) is 3.26. The summed E-state index contributed by atoms with van der Waals surface area (Å²) in [5.74, 6) is -0.281. The summed E-state index contributed by atoms with van der Waals surface area (Å²) in [7, 11) is 0. The van der Waals surface area contributed by atoms with Gasteiger partial charge in [0.25, 0.3) is 5.91 Å². The van der Waals surface area contributed by atoms with Gasteiger partial charge in [-0.1, -0.05) is 55.7 Å². The highest BCUT2D eigenvalue weighted by Crippen LogP contribution is 2.24. The van der Waals surface area contributed by atoms with E-state index in [9.17, 15) is 4.79 Å². The molecule has 2 aromatic carbocycles. The summed E-state index contributed by atoms with van der Waals surface area (Å²) >= 11 is 17.6. The van der Waals surface area contributed by atoms with Crippen LogP contribution in [-0.2, 0) is 0 Å². The normalized spacial score (nSPS) is 10.2. The molecular formula is C14H9Br2ClN2OS. The quantitative estimate of drug-likeness (QED) is 0.666. The molecular weight excluding hydrogens is 439 g/mol. The van der Waals surface area contributed by atoms with Crippen molar-refractivity contribution >= 4 is 72.3 Å². The zero-order valence-electron chi connectivity index (χ0n) is 10.5. The van der Waals surface area contributed by atoms with Crippen molar-refractivity contribution < 1.29 is 4.79 Å². The molecule has 2 rings (SSSR count). The van der Waals surface area contributed by atoms with Gasteiger partial charge in [-0.05, 0) is 36.4 Å². The summed E-state index contributed by atoms with van der Waals surface area (Å²) in [5.41, 5.74) is 7.19. The van der Waals surface area contributed by atoms with Gasteiger partial charge in [-0.25, -0.2) is 0 Å². The number of hydrogen-bond donors (Lipinski definition) is 2. The van der Waals surface area contributed by atoms with Gasteiger partial charge >= 0.3 is 0 Å². The minimum atomic E-state index is -0.281. The standard InChI is InChI=1S/C14H9Br2ClN2OS/c15-8-3-7(4-9(16)5-8)14(20)19-12-6-10(17)1-2-11(12)13(18)21/h1-6H,(H2,18,21)(H,19,20). The minimum absolute atomic E-state index is 0.192. The SMILES string of the molecule is NC(=S)c1ccc(Cl)cc1NC(=O)c1cc(Br)cc(Br)c1. The first-order valence-electron chi connectivity index (χ1n) is 5.73. The van der Waals surface area contributed by atoms with E-state index in [1.165, 1.54) is 0 Å². The average Bonchev–Trinajstić information content (AvgIpc) is 2.37. The lowest BCUT2D eigenvalue weighted by Crippen LogP contribution is -2.17. The lowest BCUT2D eigenvalue weighted by molar-refractivity contribution is 0.102. The molecule has 0 aliphatic heterocycles. The van der Waals surface area contributed by atoms with Crippen LogP contribution in [0.4, 0.5) is 5.69 Å². The maximum absolute atomic E-state index is 12.3. The molecule has 1 amide bonds. The fraction of sp³-hybridized carbons (Fsp3) is 0. The molecule has 0 saturated heterocycles. The first-order valence-corrected chi connectivity index (χ1v) is 8.11. The summed E-state index contributed by atoms with van der Waals surface area (Å²) < 4.78 is 1.59. The van der Waals surface area contributed by atoms with Gasteiger partial charge in [-0.3, -0.25) is 4.79 Å². The molecule has 0 unspecified atom stereocenters. The second-order valence-corrected chi connectivity index (χ2v) is 6.87. The second kappa shape index (κ2) is 6.87. The molecule has 0 fully saturated rings. The third-order valence-electron chi connectivity index (χ3n) is 2.62. The van der Waals surface area contributed by atoms with E-state index in [4.69, 9.17) is 29.6 Å². The Morgan fingerprint density at radius 1 is 1.14 bits per heavy atom. The highest BCUT2D eigenvalue weighted by atomic mass is 79.9. The topological polar surface area (TPSA) is 55.1 Å². The maximum Gasteiger partial charge on any atom is 0.255 e. The fourth-order valence-electron chi connectivity index (χ4n) is 1.71. The van der Waals surface area contributed by atoms with Crippen LogP contribution in [-0.4, -0.2) is 10.9 Å². The Morgan fingerprint density at radius 2 is 1.76 bits per heavy atom. The molecule has 0 aliphatic carbocycles. The van der Waals surface area contributed by atoms with Crippen LogP contribution in [0.5, 0.6) is 0 Å². The van der Waals surface area contributed by atoms with Gasteiger partial charge in [-0.15, -0.1) is 0 Å². The van der Waals surface area contributed by atoms with Crippen molar-refractivity contribution in [1.29, 1.82) is 0 Å². The minimum Gasteiger partial charge on any atom is -0.389 e. The van der Waals surface area contributed by atoms with Gasteiger partial charge in [0.1, 0.15) is 4.99 Å². The number of nitrogens with two attached hydrogens (primary N) is 1. The van der Waals surface area contributed by atoms with Gasteiger partial charge < -0.3 is 11.1 Å². The van der Waals surface area contributed by atoms with Gasteiger partial charge in [0.15, 0.2) is 0 Å². The number of nitrogens with one attached hydrogen (secondary N) is 1. The molecule has 3 nitrogen and oxygen atoms in total. The Hall–Kier alpha value is -0.950. The predicted octanol–water partition coefficient (Wildman–Crippen LogP) is 4.75. The average molecular weight is 449 g/mol. The Bertz CT molecular complexity index is 717. The number of halogens is 3. The third-order valence-corrected chi connectivity index (χ3v) is 3.99. The van der Waals surface area contributed by atoms with E-state index >= 15 is 0 Å². The zero-order valence-corrected chi connectivity index (χ0v) is 15.2. The number of rotatable bonds is 3. The van der Waals surface area contributed by atoms with Crippen molar-refractivity contribution in [3.8, 4) is 0 Å². The van der Waals surface area contributed by atoms with Crippen LogP contribution in [0, 0.1) is 0 Å². The lowest BCUT2D eigenvalue weighted by Gasteiger charge is -2.11. The predicted molar refractivity (Wildman–Crippen MR) is 97.1 cm³/mol. The molecule has 0 radical (unpaired) electrons. The summed E-state index contributed by atoms with van der Waals surface area (Å²) in [6.45, 7) is 0. The number of thiocarbonyl (C=S) groups is 1. The highest BCUT2D eigenvalue weighted by molar-refractivity contribution is 9.11. The van der Waals surface area contributed by atoms with Crippen molar-refractivity contribution in [3.63, 3.8) is 0 Å². The molecule has 0 spiro atoms. The van der Waals surface area contributed by atoms with Crippen molar-refractivity contribution in [2.45, 2.75) is 0 Å². The molecule has 7 heteroatoms. The highest BCUT2D eigenvalue weighted by Gasteiger charge is 2.12. The van der Waals surface area contributed by atoms with Crippen LogP contribution in [0.1, 0.15) is 15.9 Å². The number of hydrogen-bond acceptors (Lipinski definition) is 2. The monoisotopic (exact) mass is 446 g/mol. The van der Waals surface area contributed by atoms with Crippen LogP contribution in [0.3, 0.4) is 0 Å². The number of carbonyl (C=O) groups excluding carboxylic acids is 1. The molecule has 3 N–H and O–H groups in total. The third kappa shape index (κ3) is 4.26. The van der Waals surface area contributed by atoms with E-state index in [1.54, 1.807) is 30.3 Å². The maximum atomic E-state index is 12.3. The summed E-state index contributed by atoms with van der Waals surface area (Å²) in [6.07, 6.45) is 0. The number of anilines is 1. The molecule has 0 saturated carbocycles. The zero-order chi connectivity index (χ0) is 15.6. The van der Waals surface area contributed by atoms with E-state index in [2.05, 4.69) is 37.2 Å². The van der Waals surface area contributed by atoms with Crippen LogP contribution in [0.15, 0.2) is 45.3 Å². The number of carbonyl (C=O) groups is 1. The van der Waals surface area contributed by atoms with Crippen molar-refractivity contribution in [2.24, 2.45) is 5.73 Å². The lowest BCUT2D eigenvalue weighted by atomic mass is 10.1. The van der Waals surface area contributed by atoms with Crippen LogP contribution in [0.2, 0.25) is 5.02 Å². The smallest absolute Gasteiger partial charge is 0.255 e. The van der Waals surface area contributed by atoms with E-state index in [0.29, 0.717) is 21.8 Å². The Balaban J connectivity index is 2.35. The second-order valence-electron chi connectivity index (χ2n) is 4.17. The molecule has 21 heavy (non-hydrogen) atoms. The molecule has 0 aliphatic rings.